The number of rotatable bonds is 4. The van der Waals surface area contributed by atoms with Gasteiger partial charge in [0.25, 0.3) is 0 Å². The van der Waals surface area contributed by atoms with Crippen molar-refractivity contribution in [2.45, 2.75) is 57.8 Å². The molecule has 1 aliphatic carbocycles. The Morgan fingerprint density at radius 3 is 2.61 bits per heavy atom. The van der Waals surface area contributed by atoms with Crippen molar-refractivity contribution < 1.29 is 9.59 Å². The van der Waals surface area contributed by atoms with Gasteiger partial charge in [0.15, 0.2) is 0 Å². The Hall–Kier alpha value is -2.14. The molecule has 2 amide bonds. The number of fused-ring (bicyclic) bond motifs is 1. The number of carbonyl (C=O) groups is 2. The monoisotopic (exact) mass is 396 g/mol. The summed E-state index contributed by atoms with van der Waals surface area (Å²) < 4.78 is 0. The standard InChI is InChI=1S/C23H28N2O2S/c1-16(2)21(26)25-13-5-7-17-9-10-18(15-19(17)25)24-22(27)23(11-3-4-12-23)20-8-6-14-28-20/h6,8-10,14-16H,3-5,7,11-13H2,1-2H3,(H,24,27). The van der Waals surface area contributed by atoms with Crippen LogP contribution >= 0.6 is 11.3 Å². The zero-order chi connectivity index (χ0) is 19.7. The number of nitrogens with zero attached hydrogens (tertiary/aromatic N) is 1. The van der Waals surface area contributed by atoms with Crippen molar-refractivity contribution in [3.8, 4) is 0 Å². The minimum absolute atomic E-state index is 0.0372. The average molecular weight is 397 g/mol. The molecular weight excluding hydrogens is 368 g/mol. The Morgan fingerprint density at radius 1 is 1.14 bits per heavy atom. The minimum atomic E-state index is -0.405. The lowest BCUT2D eigenvalue weighted by atomic mass is 9.83. The van der Waals surface area contributed by atoms with Gasteiger partial charge in [0.2, 0.25) is 11.8 Å². The molecule has 1 fully saturated rings. The summed E-state index contributed by atoms with van der Waals surface area (Å²) in [5.74, 6) is 0.199. The number of carbonyl (C=O) groups excluding carboxylic acids is 2. The number of thiophene rings is 1. The van der Waals surface area contributed by atoms with Gasteiger partial charge in [0.05, 0.1) is 5.41 Å². The van der Waals surface area contributed by atoms with Crippen LogP contribution in [0, 0.1) is 5.92 Å². The molecule has 0 saturated heterocycles. The molecule has 1 aromatic carbocycles. The van der Waals surface area contributed by atoms with Crippen molar-refractivity contribution >= 4 is 34.5 Å². The van der Waals surface area contributed by atoms with Crippen molar-refractivity contribution in [1.82, 2.24) is 0 Å². The highest BCUT2D eigenvalue weighted by molar-refractivity contribution is 7.10. The number of aryl methyl sites for hydroxylation is 1. The third-order valence-electron chi connectivity index (χ3n) is 6.11. The summed E-state index contributed by atoms with van der Waals surface area (Å²) in [4.78, 5) is 29.0. The number of amides is 2. The number of hydrogen-bond acceptors (Lipinski definition) is 3. The van der Waals surface area contributed by atoms with Crippen LogP contribution in [0.15, 0.2) is 35.7 Å². The largest absolute Gasteiger partial charge is 0.325 e. The normalized spacial score (nSPS) is 18.2. The first kappa shape index (κ1) is 19.2. The van der Waals surface area contributed by atoms with E-state index in [1.807, 2.05) is 36.9 Å². The average Bonchev–Trinajstić information content (AvgIpc) is 3.39. The van der Waals surface area contributed by atoms with E-state index in [0.717, 1.165) is 61.3 Å². The van der Waals surface area contributed by atoms with Gasteiger partial charge < -0.3 is 10.2 Å². The second-order valence-electron chi connectivity index (χ2n) is 8.31. The number of anilines is 2. The van der Waals surface area contributed by atoms with Crippen LogP contribution in [-0.4, -0.2) is 18.4 Å². The van der Waals surface area contributed by atoms with Gasteiger partial charge in [-0.15, -0.1) is 11.3 Å². The highest BCUT2D eigenvalue weighted by Gasteiger charge is 2.43. The molecule has 5 heteroatoms. The predicted molar refractivity (Wildman–Crippen MR) is 115 cm³/mol. The van der Waals surface area contributed by atoms with Crippen molar-refractivity contribution in [2.24, 2.45) is 5.92 Å². The highest BCUT2D eigenvalue weighted by atomic mass is 32.1. The van der Waals surface area contributed by atoms with E-state index in [0.29, 0.717) is 0 Å². The summed E-state index contributed by atoms with van der Waals surface area (Å²) >= 11 is 1.67. The minimum Gasteiger partial charge on any atom is -0.325 e. The molecule has 0 bridgehead atoms. The molecule has 0 spiro atoms. The molecule has 4 rings (SSSR count). The van der Waals surface area contributed by atoms with Crippen molar-refractivity contribution in [2.75, 3.05) is 16.8 Å². The molecule has 2 aromatic rings. The van der Waals surface area contributed by atoms with Crippen LogP contribution in [0.4, 0.5) is 11.4 Å². The highest BCUT2D eigenvalue weighted by Crippen LogP contribution is 2.44. The first-order valence-electron chi connectivity index (χ1n) is 10.3. The SMILES string of the molecule is CC(C)C(=O)N1CCCc2ccc(NC(=O)C3(c4cccs4)CCCC3)cc21. The lowest BCUT2D eigenvalue weighted by molar-refractivity contribution is -0.122. The van der Waals surface area contributed by atoms with E-state index < -0.39 is 5.41 Å². The van der Waals surface area contributed by atoms with Gasteiger partial charge in [0.1, 0.15) is 0 Å². The Morgan fingerprint density at radius 2 is 1.93 bits per heavy atom. The maximum atomic E-state index is 13.3. The summed E-state index contributed by atoms with van der Waals surface area (Å²) in [5, 5.41) is 5.23. The molecule has 4 nitrogen and oxygen atoms in total. The molecule has 1 aromatic heterocycles. The fourth-order valence-corrected chi connectivity index (χ4v) is 5.54. The lowest BCUT2D eigenvalue weighted by Gasteiger charge is -2.32. The molecular formula is C23H28N2O2S. The first-order valence-corrected chi connectivity index (χ1v) is 11.2. The Kier molecular flexibility index (Phi) is 5.28. The van der Waals surface area contributed by atoms with E-state index in [1.54, 1.807) is 11.3 Å². The fourth-order valence-electron chi connectivity index (χ4n) is 4.56. The Bertz CT molecular complexity index is 867. The van der Waals surface area contributed by atoms with Gasteiger partial charge in [-0.2, -0.15) is 0 Å². The van der Waals surface area contributed by atoms with Crippen molar-refractivity contribution in [1.29, 1.82) is 0 Å². The van der Waals surface area contributed by atoms with Crippen LogP contribution in [-0.2, 0) is 21.4 Å². The van der Waals surface area contributed by atoms with Crippen molar-refractivity contribution in [3.63, 3.8) is 0 Å². The third-order valence-corrected chi connectivity index (χ3v) is 7.18. The van der Waals surface area contributed by atoms with E-state index in [-0.39, 0.29) is 17.7 Å². The maximum absolute atomic E-state index is 13.3. The van der Waals surface area contributed by atoms with E-state index in [2.05, 4.69) is 22.8 Å². The van der Waals surface area contributed by atoms with Gasteiger partial charge in [-0.1, -0.05) is 38.8 Å². The first-order chi connectivity index (χ1) is 13.5. The quantitative estimate of drug-likeness (QED) is 0.778. The van der Waals surface area contributed by atoms with E-state index in [4.69, 9.17) is 0 Å². The van der Waals surface area contributed by atoms with Gasteiger partial charge in [0, 0.05) is 28.7 Å². The Labute approximate surface area is 170 Å². The second kappa shape index (κ2) is 7.70. The van der Waals surface area contributed by atoms with E-state index in [1.165, 1.54) is 5.56 Å². The molecule has 1 N–H and O–H groups in total. The van der Waals surface area contributed by atoms with Crippen molar-refractivity contribution in [3.05, 3.63) is 46.2 Å². The summed E-state index contributed by atoms with van der Waals surface area (Å²) in [5.41, 5.74) is 2.53. The summed E-state index contributed by atoms with van der Waals surface area (Å²) in [6.07, 6.45) is 5.95. The van der Waals surface area contributed by atoms with E-state index >= 15 is 0 Å². The topological polar surface area (TPSA) is 49.4 Å². The molecule has 0 unspecified atom stereocenters. The van der Waals surface area contributed by atoms with Gasteiger partial charge >= 0.3 is 0 Å². The molecule has 0 radical (unpaired) electrons. The third kappa shape index (κ3) is 3.37. The molecule has 1 aliphatic heterocycles. The molecule has 2 aliphatic rings. The predicted octanol–water partition coefficient (Wildman–Crippen LogP) is 5.13. The van der Waals surface area contributed by atoms with Crippen LogP contribution in [0.2, 0.25) is 0 Å². The number of benzene rings is 1. The molecule has 1 saturated carbocycles. The van der Waals surface area contributed by atoms with Crippen LogP contribution in [0.3, 0.4) is 0 Å². The summed E-state index contributed by atoms with van der Waals surface area (Å²) in [6.45, 7) is 4.63. The van der Waals surface area contributed by atoms with Crippen LogP contribution in [0.5, 0.6) is 0 Å². The summed E-state index contributed by atoms with van der Waals surface area (Å²) in [6, 6.07) is 10.2. The van der Waals surface area contributed by atoms with Crippen LogP contribution < -0.4 is 10.2 Å². The molecule has 148 valence electrons. The van der Waals surface area contributed by atoms with Gasteiger partial charge in [-0.05, 0) is 54.8 Å². The fraction of sp³-hybridized carbons (Fsp3) is 0.478. The smallest absolute Gasteiger partial charge is 0.235 e. The second-order valence-corrected chi connectivity index (χ2v) is 9.26. The lowest BCUT2D eigenvalue weighted by Crippen LogP contribution is -2.39. The molecule has 28 heavy (non-hydrogen) atoms. The maximum Gasteiger partial charge on any atom is 0.235 e. The van der Waals surface area contributed by atoms with Crippen LogP contribution in [0.25, 0.3) is 0 Å². The number of nitrogens with one attached hydrogen (secondary N) is 1. The number of hydrogen-bond donors (Lipinski definition) is 1. The molecule has 0 atom stereocenters. The summed E-state index contributed by atoms with van der Waals surface area (Å²) in [7, 11) is 0. The molecule has 2 heterocycles. The Balaban J connectivity index is 1.61. The van der Waals surface area contributed by atoms with Gasteiger partial charge in [-0.25, -0.2) is 0 Å². The van der Waals surface area contributed by atoms with E-state index in [9.17, 15) is 9.59 Å². The zero-order valence-corrected chi connectivity index (χ0v) is 17.5. The van der Waals surface area contributed by atoms with Gasteiger partial charge in [-0.3, -0.25) is 9.59 Å². The zero-order valence-electron chi connectivity index (χ0n) is 16.7. The van der Waals surface area contributed by atoms with Crippen LogP contribution in [0.1, 0.15) is 56.4 Å².